The molecule has 0 saturated carbocycles. The van der Waals surface area contributed by atoms with Gasteiger partial charge in [0.15, 0.2) is 11.1 Å². The number of hydrogen-bond acceptors (Lipinski definition) is 7. The number of thiazole rings is 1. The Hall–Kier alpha value is -3.43. The van der Waals surface area contributed by atoms with Gasteiger partial charge in [0.25, 0.3) is 5.91 Å². The number of rotatable bonds is 8. The summed E-state index contributed by atoms with van der Waals surface area (Å²) in [4.78, 5) is 16.9. The average molecular weight is 471 g/mol. The molecule has 2 N–H and O–H groups in total. The Morgan fingerprint density at radius 3 is 2.79 bits per heavy atom. The molecule has 0 bridgehead atoms. The molecule has 33 heavy (non-hydrogen) atoms. The number of carbonyl (C=O) groups excluding carboxylic acids is 1. The number of hydrogen-bond donors (Lipinski definition) is 2. The zero-order valence-electron chi connectivity index (χ0n) is 18.1. The van der Waals surface area contributed by atoms with Crippen molar-refractivity contribution in [2.75, 3.05) is 0 Å². The highest BCUT2D eigenvalue weighted by Gasteiger charge is 2.25. The largest absolute Gasteiger partial charge is 0.455 e. The first-order chi connectivity index (χ1) is 15.8. The SMILES string of the molecule is CC(C)(O)c1ccc(CNC(=O)c2scnc2OC2=COC(Cc3ccccc3)O2)c(F)c1. The van der Waals surface area contributed by atoms with Crippen molar-refractivity contribution < 1.29 is 28.5 Å². The van der Waals surface area contributed by atoms with Gasteiger partial charge in [-0.1, -0.05) is 42.5 Å². The molecule has 7 nitrogen and oxygen atoms in total. The normalized spacial score (nSPS) is 15.4. The fourth-order valence-electron chi connectivity index (χ4n) is 3.14. The maximum Gasteiger partial charge on any atom is 0.325 e. The third kappa shape index (κ3) is 5.68. The van der Waals surface area contributed by atoms with Gasteiger partial charge in [0.05, 0.1) is 11.1 Å². The van der Waals surface area contributed by atoms with E-state index in [0.29, 0.717) is 17.5 Å². The van der Waals surface area contributed by atoms with Gasteiger partial charge in [-0.2, -0.15) is 0 Å². The number of aliphatic hydroxyl groups is 1. The molecular weight excluding hydrogens is 447 g/mol. The quantitative estimate of drug-likeness (QED) is 0.512. The van der Waals surface area contributed by atoms with Crippen LogP contribution in [0.3, 0.4) is 0 Å². The van der Waals surface area contributed by atoms with Gasteiger partial charge in [0.2, 0.25) is 12.2 Å². The molecule has 1 aromatic heterocycles. The van der Waals surface area contributed by atoms with Gasteiger partial charge < -0.3 is 24.6 Å². The maximum atomic E-state index is 14.4. The zero-order valence-corrected chi connectivity index (χ0v) is 18.9. The number of nitrogens with one attached hydrogen (secondary N) is 1. The van der Waals surface area contributed by atoms with E-state index in [1.165, 1.54) is 23.9 Å². The molecule has 2 heterocycles. The van der Waals surface area contributed by atoms with E-state index >= 15 is 0 Å². The molecule has 0 saturated heterocycles. The number of halogens is 1. The molecule has 3 aromatic rings. The Morgan fingerprint density at radius 2 is 2.06 bits per heavy atom. The third-order valence-electron chi connectivity index (χ3n) is 4.95. The molecule has 2 aromatic carbocycles. The molecule has 0 fully saturated rings. The first-order valence-corrected chi connectivity index (χ1v) is 11.1. The van der Waals surface area contributed by atoms with Crippen molar-refractivity contribution in [3.63, 3.8) is 0 Å². The first-order valence-electron chi connectivity index (χ1n) is 10.3. The van der Waals surface area contributed by atoms with Crippen molar-refractivity contribution in [1.29, 1.82) is 0 Å². The second-order valence-electron chi connectivity index (χ2n) is 7.95. The fraction of sp³-hybridized carbons (Fsp3) is 0.250. The van der Waals surface area contributed by atoms with Crippen molar-refractivity contribution in [1.82, 2.24) is 10.3 Å². The van der Waals surface area contributed by atoms with E-state index in [1.807, 2.05) is 30.3 Å². The highest BCUT2D eigenvalue weighted by atomic mass is 32.1. The summed E-state index contributed by atoms with van der Waals surface area (Å²) >= 11 is 1.09. The highest BCUT2D eigenvalue weighted by Crippen LogP contribution is 2.27. The van der Waals surface area contributed by atoms with Crippen LogP contribution in [0.5, 0.6) is 5.88 Å². The Kier molecular flexibility index (Phi) is 6.62. The van der Waals surface area contributed by atoms with Crippen LogP contribution in [-0.2, 0) is 28.0 Å². The number of carbonyl (C=O) groups is 1. The van der Waals surface area contributed by atoms with E-state index in [9.17, 15) is 14.3 Å². The summed E-state index contributed by atoms with van der Waals surface area (Å²) in [6, 6.07) is 14.2. The first kappa shape index (κ1) is 22.8. The lowest BCUT2D eigenvalue weighted by atomic mass is 9.97. The molecular formula is C24H23FN2O5S. The summed E-state index contributed by atoms with van der Waals surface area (Å²) in [5.74, 6) is -0.796. The van der Waals surface area contributed by atoms with Gasteiger partial charge in [0, 0.05) is 18.5 Å². The predicted molar refractivity (Wildman–Crippen MR) is 120 cm³/mol. The Balaban J connectivity index is 1.33. The smallest absolute Gasteiger partial charge is 0.325 e. The minimum atomic E-state index is -1.15. The van der Waals surface area contributed by atoms with Crippen LogP contribution in [0.15, 0.2) is 66.2 Å². The number of amides is 1. The molecule has 1 amide bonds. The van der Waals surface area contributed by atoms with Crippen LogP contribution >= 0.6 is 11.3 Å². The zero-order chi connectivity index (χ0) is 23.4. The monoisotopic (exact) mass is 470 g/mol. The van der Waals surface area contributed by atoms with E-state index in [1.54, 1.807) is 19.9 Å². The minimum absolute atomic E-state index is 0.0321. The van der Waals surface area contributed by atoms with E-state index < -0.39 is 23.6 Å². The van der Waals surface area contributed by atoms with Crippen LogP contribution < -0.4 is 10.1 Å². The van der Waals surface area contributed by atoms with Crippen LogP contribution in [0.4, 0.5) is 4.39 Å². The lowest BCUT2D eigenvalue weighted by Crippen LogP contribution is -2.23. The van der Waals surface area contributed by atoms with Crippen LogP contribution in [-0.4, -0.2) is 22.3 Å². The molecule has 9 heteroatoms. The van der Waals surface area contributed by atoms with E-state index in [4.69, 9.17) is 14.2 Å². The van der Waals surface area contributed by atoms with Crippen molar-refractivity contribution in [3.8, 4) is 5.88 Å². The summed E-state index contributed by atoms with van der Waals surface area (Å²) in [6.45, 7) is 3.12. The molecule has 0 spiro atoms. The standard InChI is InChI=1S/C24H23FN2O5S/c1-24(2,29)17-9-8-16(18(25)11-17)12-26-22(28)21-23(27-14-33-21)32-20-13-30-19(31-20)10-15-6-4-3-5-7-15/h3-9,11,13-14,19,29H,10,12H2,1-2H3,(H,26,28). The Morgan fingerprint density at radius 1 is 1.27 bits per heavy atom. The van der Waals surface area contributed by atoms with Crippen molar-refractivity contribution in [3.05, 3.63) is 93.6 Å². The molecule has 1 aliphatic rings. The van der Waals surface area contributed by atoms with E-state index in [0.717, 1.165) is 16.9 Å². The maximum absolute atomic E-state index is 14.4. The van der Waals surface area contributed by atoms with Crippen LogP contribution in [0, 0.1) is 5.82 Å². The number of aromatic nitrogens is 1. The second kappa shape index (κ2) is 9.60. The van der Waals surface area contributed by atoms with Gasteiger partial charge in [0.1, 0.15) is 5.82 Å². The lowest BCUT2D eigenvalue weighted by Gasteiger charge is -2.18. The number of ether oxygens (including phenoxy) is 3. The molecule has 0 radical (unpaired) electrons. The minimum Gasteiger partial charge on any atom is -0.455 e. The Labute approximate surface area is 194 Å². The van der Waals surface area contributed by atoms with E-state index in [-0.39, 0.29) is 23.2 Å². The van der Waals surface area contributed by atoms with Crippen molar-refractivity contribution in [2.45, 2.75) is 38.7 Å². The predicted octanol–water partition coefficient (Wildman–Crippen LogP) is 4.23. The van der Waals surface area contributed by atoms with Crippen LogP contribution in [0.2, 0.25) is 0 Å². The van der Waals surface area contributed by atoms with Gasteiger partial charge >= 0.3 is 5.95 Å². The summed E-state index contributed by atoms with van der Waals surface area (Å²) in [5, 5.41) is 12.7. The van der Waals surface area contributed by atoms with Gasteiger partial charge in [-0.3, -0.25) is 4.79 Å². The summed E-state index contributed by atoms with van der Waals surface area (Å²) in [5.41, 5.74) is 2.11. The Bertz CT molecular complexity index is 1160. The van der Waals surface area contributed by atoms with Crippen molar-refractivity contribution in [2.24, 2.45) is 0 Å². The molecule has 4 rings (SSSR count). The summed E-state index contributed by atoms with van der Waals surface area (Å²) in [7, 11) is 0. The summed E-state index contributed by atoms with van der Waals surface area (Å²) < 4.78 is 31.1. The lowest BCUT2D eigenvalue weighted by molar-refractivity contribution is -0.0524. The molecule has 172 valence electrons. The number of benzene rings is 2. The van der Waals surface area contributed by atoms with Crippen LogP contribution in [0.25, 0.3) is 0 Å². The van der Waals surface area contributed by atoms with E-state index in [2.05, 4.69) is 10.3 Å². The van der Waals surface area contributed by atoms with Crippen molar-refractivity contribution >= 4 is 17.2 Å². The molecule has 0 aliphatic carbocycles. The van der Waals surface area contributed by atoms with Crippen LogP contribution in [0.1, 0.15) is 40.2 Å². The topological polar surface area (TPSA) is 89.9 Å². The average Bonchev–Trinajstić information content (AvgIpc) is 3.42. The molecule has 1 unspecified atom stereocenters. The third-order valence-corrected chi connectivity index (χ3v) is 5.75. The van der Waals surface area contributed by atoms with Gasteiger partial charge in [-0.05, 0) is 31.0 Å². The van der Waals surface area contributed by atoms with Gasteiger partial charge in [-0.15, -0.1) is 11.3 Å². The molecule has 1 atom stereocenters. The molecule has 1 aliphatic heterocycles. The summed E-state index contributed by atoms with van der Waals surface area (Å²) in [6.07, 6.45) is 1.34. The second-order valence-corrected chi connectivity index (χ2v) is 8.80. The highest BCUT2D eigenvalue weighted by molar-refractivity contribution is 7.12. The number of nitrogens with zero attached hydrogens (tertiary/aromatic N) is 1. The van der Waals surface area contributed by atoms with Gasteiger partial charge in [-0.25, -0.2) is 9.37 Å². The fourth-order valence-corrected chi connectivity index (χ4v) is 3.77.